The van der Waals surface area contributed by atoms with Crippen molar-refractivity contribution in [3.05, 3.63) is 58.2 Å². The summed E-state index contributed by atoms with van der Waals surface area (Å²) in [5.41, 5.74) is 3.04. The molecule has 1 N–H and O–H groups in total. The Balaban J connectivity index is 1.19. The number of aliphatic imine (C=N–C) groups is 1. The average molecular weight is 519 g/mol. The van der Waals surface area contributed by atoms with Gasteiger partial charge < -0.3 is 14.7 Å². The number of morpholine rings is 1. The van der Waals surface area contributed by atoms with Crippen LogP contribution >= 0.6 is 11.8 Å². The van der Waals surface area contributed by atoms with Crippen molar-refractivity contribution in [1.82, 2.24) is 4.90 Å². The molecule has 0 spiro atoms. The second-order valence-corrected chi connectivity index (χ2v) is 12.6. The van der Waals surface area contributed by atoms with E-state index in [0.717, 1.165) is 66.8 Å². The number of amidine groups is 1. The highest BCUT2D eigenvalue weighted by molar-refractivity contribution is 8.18. The summed E-state index contributed by atoms with van der Waals surface area (Å²) in [5, 5.41) is 11.7. The van der Waals surface area contributed by atoms with Gasteiger partial charge in [-0.1, -0.05) is 12.1 Å². The lowest BCUT2D eigenvalue weighted by Gasteiger charge is -2.57. The molecule has 4 bridgehead atoms. The molecule has 2 aromatic carbocycles. The van der Waals surface area contributed by atoms with E-state index >= 15 is 4.39 Å². The van der Waals surface area contributed by atoms with E-state index < -0.39 is 0 Å². The van der Waals surface area contributed by atoms with Gasteiger partial charge in [-0.25, -0.2) is 4.39 Å². The number of rotatable bonds is 3. The summed E-state index contributed by atoms with van der Waals surface area (Å²) in [6.07, 6.45) is 9.20. The summed E-state index contributed by atoms with van der Waals surface area (Å²) in [4.78, 5) is 19.5. The molecule has 2 heterocycles. The SMILES string of the molecule is O=C1N=C(N2CCOCC2)S/C1=C\c1ccc(F)c(-c2ccc(O)c(C34CC5CC(CC(C5)C3)C4)c2)c1. The van der Waals surface area contributed by atoms with Gasteiger partial charge in [0.05, 0.1) is 18.1 Å². The van der Waals surface area contributed by atoms with Crippen LogP contribution in [0.1, 0.15) is 49.7 Å². The van der Waals surface area contributed by atoms with Crippen molar-refractivity contribution in [3.8, 4) is 16.9 Å². The highest BCUT2D eigenvalue weighted by Gasteiger charge is 2.52. The fourth-order valence-electron chi connectivity index (χ4n) is 7.86. The smallest absolute Gasteiger partial charge is 0.286 e. The summed E-state index contributed by atoms with van der Waals surface area (Å²) < 4.78 is 20.6. The molecule has 6 aliphatic rings. The standard InChI is InChI=1S/C30H31FN2O3S/c31-25-3-1-18(13-27-28(35)32-29(37-27)33-5-7-36-8-6-33)12-23(25)22-2-4-26(34)24(14-22)30-15-19-9-20(16-30)11-21(10-19)17-30/h1-4,12-14,19-21,34H,5-11,15-17H2/b27-13-. The number of carbonyl (C=O) groups is 1. The van der Waals surface area contributed by atoms with Gasteiger partial charge in [0.25, 0.3) is 5.91 Å². The topological polar surface area (TPSA) is 62.1 Å². The van der Waals surface area contributed by atoms with Gasteiger partial charge in [0.1, 0.15) is 11.6 Å². The first kappa shape index (κ1) is 23.5. The minimum Gasteiger partial charge on any atom is -0.508 e. The van der Waals surface area contributed by atoms with Crippen molar-refractivity contribution in [2.45, 2.75) is 43.9 Å². The maximum Gasteiger partial charge on any atom is 0.286 e. The zero-order chi connectivity index (χ0) is 25.1. The molecule has 0 aromatic heterocycles. The number of hydrogen-bond donors (Lipinski definition) is 1. The predicted molar refractivity (Wildman–Crippen MR) is 144 cm³/mol. The molecular formula is C30H31FN2O3S. The monoisotopic (exact) mass is 518 g/mol. The van der Waals surface area contributed by atoms with Crippen LogP contribution in [0, 0.1) is 23.6 Å². The molecule has 37 heavy (non-hydrogen) atoms. The maximum absolute atomic E-state index is 15.1. The molecule has 2 aromatic rings. The summed E-state index contributed by atoms with van der Waals surface area (Å²) in [5.74, 6) is 2.04. The van der Waals surface area contributed by atoms with E-state index in [1.807, 2.05) is 12.1 Å². The van der Waals surface area contributed by atoms with Gasteiger partial charge in [-0.05, 0) is 115 Å². The van der Waals surface area contributed by atoms with E-state index in [9.17, 15) is 9.90 Å². The van der Waals surface area contributed by atoms with E-state index in [2.05, 4.69) is 9.89 Å². The Bertz CT molecular complexity index is 1290. The van der Waals surface area contributed by atoms with E-state index in [-0.39, 0.29) is 17.1 Å². The largest absolute Gasteiger partial charge is 0.508 e. The lowest BCUT2D eigenvalue weighted by atomic mass is 9.48. The minimum atomic E-state index is -0.306. The first-order valence-electron chi connectivity index (χ1n) is 13.4. The van der Waals surface area contributed by atoms with Crippen LogP contribution in [0.2, 0.25) is 0 Å². The molecule has 8 rings (SSSR count). The summed E-state index contributed by atoms with van der Waals surface area (Å²) in [7, 11) is 0. The van der Waals surface area contributed by atoms with Crippen LogP contribution in [0.15, 0.2) is 46.3 Å². The van der Waals surface area contributed by atoms with Crippen LogP contribution in [-0.2, 0) is 14.9 Å². The Morgan fingerprint density at radius 3 is 2.43 bits per heavy atom. The van der Waals surface area contributed by atoms with Gasteiger partial charge in [0.15, 0.2) is 5.17 Å². The maximum atomic E-state index is 15.1. The number of phenolic OH excluding ortho intramolecular Hbond substituents is 1. The number of thioether (sulfide) groups is 1. The Labute approximate surface area is 220 Å². The van der Waals surface area contributed by atoms with Gasteiger partial charge in [-0.2, -0.15) is 4.99 Å². The van der Waals surface area contributed by atoms with Crippen LogP contribution in [0.3, 0.4) is 0 Å². The third-order valence-corrected chi connectivity index (χ3v) is 10.1. The number of halogens is 1. The molecule has 0 unspecified atom stereocenters. The number of ether oxygens (including phenoxy) is 1. The zero-order valence-corrected chi connectivity index (χ0v) is 21.6. The Morgan fingerprint density at radius 1 is 1.03 bits per heavy atom. The molecule has 0 atom stereocenters. The highest BCUT2D eigenvalue weighted by Crippen LogP contribution is 2.62. The van der Waals surface area contributed by atoms with E-state index in [4.69, 9.17) is 4.74 Å². The van der Waals surface area contributed by atoms with E-state index in [1.54, 1.807) is 24.3 Å². The van der Waals surface area contributed by atoms with Crippen LogP contribution < -0.4 is 0 Å². The summed E-state index contributed by atoms with van der Waals surface area (Å²) in [6.45, 7) is 2.71. The molecule has 1 saturated heterocycles. The average Bonchev–Trinajstić information content (AvgIpc) is 3.25. The first-order chi connectivity index (χ1) is 18.0. The quantitative estimate of drug-likeness (QED) is 0.508. The lowest BCUT2D eigenvalue weighted by molar-refractivity contribution is -0.113. The molecule has 5 nitrogen and oxygen atoms in total. The molecule has 192 valence electrons. The van der Waals surface area contributed by atoms with Gasteiger partial charge in [-0.15, -0.1) is 0 Å². The van der Waals surface area contributed by atoms with Gasteiger partial charge in [0.2, 0.25) is 0 Å². The highest BCUT2D eigenvalue weighted by atomic mass is 32.2. The molecule has 4 saturated carbocycles. The number of phenols is 1. The van der Waals surface area contributed by atoms with Crippen LogP contribution in [0.25, 0.3) is 17.2 Å². The number of nitrogens with zero attached hydrogens (tertiary/aromatic N) is 2. The fourth-order valence-corrected chi connectivity index (χ4v) is 8.83. The van der Waals surface area contributed by atoms with Crippen molar-refractivity contribution in [3.63, 3.8) is 0 Å². The number of amides is 1. The van der Waals surface area contributed by atoms with Crippen molar-refractivity contribution in [2.24, 2.45) is 22.7 Å². The van der Waals surface area contributed by atoms with E-state index in [1.165, 1.54) is 37.1 Å². The molecule has 7 heteroatoms. The van der Waals surface area contributed by atoms with Crippen LogP contribution in [0.4, 0.5) is 4.39 Å². The summed E-state index contributed by atoms with van der Waals surface area (Å²) in [6, 6.07) is 10.6. The molecule has 0 radical (unpaired) electrons. The Morgan fingerprint density at radius 2 is 1.73 bits per heavy atom. The van der Waals surface area contributed by atoms with Gasteiger partial charge in [-0.3, -0.25) is 4.79 Å². The Hall–Kier alpha value is -2.64. The van der Waals surface area contributed by atoms with Crippen molar-refractivity contribution < 1.29 is 19.0 Å². The van der Waals surface area contributed by atoms with E-state index in [0.29, 0.717) is 34.6 Å². The third-order valence-electron chi connectivity index (χ3n) is 9.10. The molecule has 2 aliphatic heterocycles. The number of carbonyl (C=O) groups excluding carboxylic acids is 1. The van der Waals surface area contributed by atoms with Crippen molar-refractivity contribution in [2.75, 3.05) is 26.3 Å². The van der Waals surface area contributed by atoms with Crippen LogP contribution in [0.5, 0.6) is 5.75 Å². The second-order valence-electron chi connectivity index (χ2n) is 11.6. The number of aromatic hydroxyl groups is 1. The predicted octanol–water partition coefficient (Wildman–Crippen LogP) is 5.97. The normalized spacial score (nSPS) is 31.9. The molecule has 5 fully saturated rings. The number of hydrogen-bond acceptors (Lipinski definition) is 5. The minimum absolute atomic E-state index is 0.0189. The third kappa shape index (κ3) is 4.20. The second kappa shape index (κ2) is 8.98. The van der Waals surface area contributed by atoms with Gasteiger partial charge >= 0.3 is 0 Å². The summed E-state index contributed by atoms with van der Waals surface area (Å²) >= 11 is 1.37. The van der Waals surface area contributed by atoms with Gasteiger partial charge in [0, 0.05) is 24.2 Å². The fraction of sp³-hybridized carbons (Fsp3) is 0.467. The molecular weight excluding hydrogens is 487 g/mol. The number of benzene rings is 2. The first-order valence-corrected chi connectivity index (χ1v) is 14.3. The zero-order valence-electron chi connectivity index (χ0n) is 20.8. The Kier molecular flexibility index (Phi) is 5.70. The van der Waals surface area contributed by atoms with Crippen LogP contribution in [-0.4, -0.2) is 47.4 Å². The molecule has 1 amide bonds. The lowest BCUT2D eigenvalue weighted by Crippen LogP contribution is -2.48. The van der Waals surface area contributed by atoms with Crippen molar-refractivity contribution >= 4 is 28.9 Å². The molecule has 4 aliphatic carbocycles. The van der Waals surface area contributed by atoms with Crippen molar-refractivity contribution in [1.29, 1.82) is 0 Å².